The van der Waals surface area contributed by atoms with Crippen molar-refractivity contribution in [3.63, 3.8) is 0 Å². The molecule has 1 saturated carbocycles. The van der Waals surface area contributed by atoms with E-state index in [1.165, 1.54) is 23.1 Å². The molecule has 3 aromatic rings. The lowest BCUT2D eigenvalue weighted by Crippen LogP contribution is -2.23. The van der Waals surface area contributed by atoms with Gasteiger partial charge in [0.15, 0.2) is 0 Å². The van der Waals surface area contributed by atoms with Gasteiger partial charge in [-0.3, -0.25) is 5.10 Å². The smallest absolute Gasteiger partial charge is 0.115 e. The molecule has 1 fully saturated rings. The predicted molar refractivity (Wildman–Crippen MR) is 135 cm³/mol. The molecule has 5 rings (SSSR count). The van der Waals surface area contributed by atoms with Gasteiger partial charge in [-0.2, -0.15) is 10.0 Å². The highest BCUT2D eigenvalue weighted by atomic mass is 19.3. The van der Waals surface area contributed by atoms with Crippen molar-refractivity contribution in [3.05, 3.63) is 35.5 Å². The van der Waals surface area contributed by atoms with Gasteiger partial charge in [0, 0.05) is 34.4 Å². The summed E-state index contributed by atoms with van der Waals surface area (Å²) in [6.07, 6.45) is 7.27. The molecule has 2 aliphatic carbocycles. The van der Waals surface area contributed by atoms with Crippen LogP contribution in [-0.4, -0.2) is 39.7 Å². The van der Waals surface area contributed by atoms with Gasteiger partial charge in [-0.25, -0.2) is 0 Å². The first-order valence-electron chi connectivity index (χ1n) is 12.7. The molecule has 6 nitrogen and oxygen atoms in total. The maximum atomic E-state index is 11.5. The molecule has 7 heteroatoms. The zero-order valence-corrected chi connectivity index (χ0v) is 21.0. The molecule has 3 N–H and O–H groups in total. The molecule has 0 radical (unpaired) electrons. The van der Waals surface area contributed by atoms with E-state index in [0.29, 0.717) is 5.41 Å². The van der Waals surface area contributed by atoms with Gasteiger partial charge < -0.3 is 15.0 Å². The monoisotopic (exact) mass is 470 g/mol. The van der Waals surface area contributed by atoms with Gasteiger partial charge in [-0.1, -0.05) is 26.8 Å². The Balaban J connectivity index is 0.000000257. The number of aromatic nitrogens is 3. The number of halogens is 1. The minimum absolute atomic E-state index is 0.0260. The molecule has 1 aromatic carbocycles. The quantitative estimate of drug-likeness (QED) is 0.382. The van der Waals surface area contributed by atoms with E-state index >= 15 is 0 Å². The number of aliphatic hydroxyl groups excluding tert-OH is 1. The molecule has 2 aliphatic rings. The van der Waals surface area contributed by atoms with Crippen molar-refractivity contribution in [2.24, 2.45) is 11.3 Å². The van der Waals surface area contributed by atoms with Crippen LogP contribution in [0.3, 0.4) is 0 Å². The van der Waals surface area contributed by atoms with Crippen LogP contribution in [0.1, 0.15) is 71.1 Å². The summed E-state index contributed by atoms with van der Waals surface area (Å²) in [4.78, 5) is 9.19. The average Bonchev–Trinajstić information content (AvgIpc) is 3.43. The SMILES string of the molecule is CC1CCC(OF)CC1.CCN(CO)c1ccc2cc(-c3n[nH]c4c3CCC(C)(C)C4)[nH]c2c1. The Kier molecular flexibility index (Phi) is 7.63. The van der Waals surface area contributed by atoms with Crippen molar-refractivity contribution < 1.29 is 14.6 Å². The second kappa shape index (κ2) is 10.5. The van der Waals surface area contributed by atoms with Crippen LogP contribution < -0.4 is 4.90 Å². The topological polar surface area (TPSA) is 77.2 Å². The molecule has 0 aliphatic heterocycles. The van der Waals surface area contributed by atoms with Gasteiger partial charge in [0.1, 0.15) is 12.4 Å². The van der Waals surface area contributed by atoms with Gasteiger partial charge in [0.05, 0.1) is 11.8 Å². The third-order valence-electron chi connectivity index (χ3n) is 7.53. The van der Waals surface area contributed by atoms with Crippen LogP contribution in [0.25, 0.3) is 22.3 Å². The zero-order valence-electron chi connectivity index (χ0n) is 21.0. The third kappa shape index (κ3) is 5.47. The van der Waals surface area contributed by atoms with Crippen LogP contribution in [0.5, 0.6) is 0 Å². The Morgan fingerprint density at radius 2 is 1.97 bits per heavy atom. The molecule has 34 heavy (non-hydrogen) atoms. The molecule has 2 heterocycles. The van der Waals surface area contributed by atoms with Crippen molar-refractivity contribution in [2.75, 3.05) is 18.2 Å². The number of fused-ring (bicyclic) bond motifs is 2. The summed E-state index contributed by atoms with van der Waals surface area (Å²) in [5, 5.41) is 18.5. The van der Waals surface area contributed by atoms with Gasteiger partial charge in [-0.05, 0) is 85.9 Å². The van der Waals surface area contributed by atoms with Crippen LogP contribution in [0.4, 0.5) is 10.2 Å². The number of hydrogen-bond donors (Lipinski definition) is 3. The Hall–Kier alpha value is -2.38. The number of hydrogen-bond acceptors (Lipinski definition) is 4. The van der Waals surface area contributed by atoms with E-state index < -0.39 is 0 Å². The highest BCUT2D eigenvalue weighted by molar-refractivity contribution is 5.88. The predicted octanol–water partition coefficient (Wildman–Crippen LogP) is 6.32. The van der Waals surface area contributed by atoms with Crippen molar-refractivity contribution >= 4 is 16.6 Å². The standard InChI is InChI=1S/C20H26N4O.C7H13FO/c1-4-24(12-25)14-6-5-13-9-17(21-16(13)10-14)19-15-7-8-20(2,3)11-18(15)22-23-19;1-6-2-4-7(9-8)5-3-6/h5-6,9-10,21,25H,4,7-8,11-12H2,1-3H3,(H,22,23);6-7H,2-5H2,1H3. The molecule has 0 unspecified atom stereocenters. The van der Waals surface area contributed by atoms with Crippen molar-refractivity contribution in [1.82, 2.24) is 15.2 Å². The Bertz CT molecular complexity index is 1080. The molecule has 186 valence electrons. The van der Waals surface area contributed by atoms with E-state index in [0.717, 1.165) is 73.6 Å². The number of aromatic amines is 2. The highest BCUT2D eigenvalue weighted by Crippen LogP contribution is 2.38. The van der Waals surface area contributed by atoms with Crippen LogP contribution in [0, 0.1) is 11.3 Å². The number of anilines is 1. The fourth-order valence-corrected chi connectivity index (χ4v) is 5.19. The van der Waals surface area contributed by atoms with Crippen LogP contribution in [0.2, 0.25) is 0 Å². The summed E-state index contributed by atoms with van der Waals surface area (Å²) >= 11 is 0. The number of benzene rings is 1. The van der Waals surface area contributed by atoms with Gasteiger partial charge in [-0.15, -0.1) is 0 Å². The first-order chi connectivity index (χ1) is 16.3. The molecule has 0 saturated heterocycles. The second-order valence-electron chi connectivity index (χ2n) is 10.8. The third-order valence-corrected chi connectivity index (χ3v) is 7.53. The largest absolute Gasteiger partial charge is 0.376 e. The molecule has 0 bridgehead atoms. The normalized spacial score (nSPS) is 21.6. The van der Waals surface area contributed by atoms with Gasteiger partial charge in [0.2, 0.25) is 0 Å². The maximum absolute atomic E-state index is 11.5. The summed E-state index contributed by atoms with van der Waals surface area (Å²) in [5.41, 5.74) is 7.21. The number of nitrogens with one attached hydrogen (secondary N) is 2. The number of H-pyrrole nitrogens is 2. The number of aliphatic hydroxyl groups is 1. The summed E-state index contributed by atoms with van der Waals surface area (Å²) in [6.45, 7) is 9.69. The molecular formula is C27H39FN4O2. The fraction of sp³-hybridized carbons (Fsp3) is 0.593. The van der Waals surface area contributed by atoms with Gasteiger partial charge in [0.25, 0.3) is 0 Å². The van der Waals surface area contributed by atoms with Crippen LogP contribution in [-0.2, 0) is 17.8 Å². The zero-order chi connectivity index (χ0) is 24.3. The Labute approximate surface area is 201 Å². The van der Waals surface area contributed by atoms with E-state index in [1.54, 1.807) is 0 Å². The van der Waals surface area contributed by atoms with E-state index in [4.69, 9.17) is 0 Å². The first kappa shape index (κ1) is 24.7. The lowest BCUT2D eigenvalue weighted by atomic mass is 9.76. The summed E-state index contributed by atoms with van der Waals surface area (Å²) < 4.78 is 11.5. The van der Waals surface area contributed by atoms with Gasteiger partial charge >= 0.3 is 0 Å². The van der Waals surface area contributed by atoms with Crippen molar-refractivity contribution in [1.29, 1.82) is 0 Å². The Morgan fingerprint density at radius 1 is 1.21 bits per heavy atom. The van der Waals surface area contributed by atoms with Crippen molar-refractivity contribution in [3.8, 4) is 11.4 Å². The summed E-state index contributed by atoms with van der Waals surface area (Å²) in [5.74, 6) is 0.774. The lowest BCUT2D eigenvalue weighted by molar-refractivity contribution is -0.189. The molecule has 2 aromatic heterocycles. The van der Waals surface area contributed by atoms with E-state index in [9.17, 15) is 9.63 Å². The fourth-order valence-electron chi connectivity index (χ4n) is 5.19. The average molecular weight is 471 g/mol. The molecule has 0 atom stereocenters. The van der Waals surface area contributed by atoms with E-state index in [2.05, 4.69) is 65.2 Å². The summed E-state index contributed by atoms with van der Waals surface area (Å²) in [6, 6.07) is 8.43. The van der Waals surface area contributed by atoms with E-state index in [-0.39, 0.29) is 12.8 Å². The molecule has 0 amide bonds. The second-order valence-corrected chi connectivity index (χ2v) is 10.8. The lowest BCUT2D eigenvalue weighted by Gasteiger charge is -2.28. The minimum atomic E-state index is -0.0961. The van der Waals surface area contributed by atoms with Crippen LogP contribution >= 0.6 is 0 Å². The Morgan fingerprint density at radius 3 is 2.65 bits per heavy atom. The molecular weight excluding hydrogens is 431 g/mol. The maximum Gasteiger partial charge on any atom is 0.115 e. The van der Waals surface area contributed by atoms with E-state index in [1.807, 2.05) is 11.8 Å². The van der Waals surface area contributed by atoms with Crippen molar-refractivity contribution in [2.45, 2.75) is 78.7 Å². The number of nitrogens with zero attached hydrogens (tertiary/aromatic N) is 2. The number of rotatable bonds is 5. The minimum Gasteiger partial charge on any atom is -0.376 e. The first-order valence-corrected chi connectivity index (χ1v) is 12.7. The summed E-state index contributed by atoms with van der Waals surface area (Å²) in [7, 11) is 0. The van der Waals surface area contributed by atoms with Crippen LogP contribution in [0.15, 0.2) is 24.3 Å². The molecule has 0 spiro atoms. The highest BCUT2D eigenvalue weighted by Gasteiger charge is 2.29.